The van der Waals surface area contributed by atoms with Crippen molar-refractivity contribution in [2.45, 2.75) is 45.8 Å². The van der Waals surface area contributed by atoms with Crippen molar-refractivity contribution >= 4 is 5.69 Å². The maximum atomic E-state index is 13.0. The van der Waals surface area contributed by atoms with Gasteiger partial charge in [-0.05, 0) is 43.0 Å². The Balaban J connectivity index is 1.56. The van der Waals surface area contributed by atoms with Crippen LogP contribution in [0.4, 0.5) is 18.9 Å². The first-order chi connectivity index (χ1) is 12.6. The number of piperidine rings is 1. The molecule has 2 saturated heterocycles. The number of piperazine rings is 1. The summed E-state index contributed by atoms with van der Waals surface area (Å²) in [5, 5.41) is 0. The van der Waals surface area contributed by atoms with Crippen LogP contribution < -0.4 is 4.90 Å². The monoisotopic (exact) mass is 383 g/mol. The minimum atomic E-state index is -4.28. The Labute approximate surface area is 161 Å². The van der Waals surface area contributed by atoms with Crippen LogP contribution in [0.15, 0.2) is 24.3 Å². The number of likely N-dealkylation sites (tertiary alicyclic amines) is 1. The molecule has 1 aromatic carbocycles. The quantitative estimate of drug-likeness (QED) is 0.769. The van der Waals surface area contributed by atoms with E-state index in [1.807, 2.05) is 0 Å². The Morgan fingerprint density at radius 1 is 1.00 bits per heavy atom. The van der Waals surface area contributed by atoms with Crippen LogP contribution in [0.2, 0.25) is 0 Å². The normalized spacial score (nSPS) is 23.6. The molecule has 1 aromatic rings. The third-order valence-corrected chi connectivity index (χ3v) is 5.55. The summed E-state index contributed by atoms with van der Waals surface area (Å²) in [6.45, 7) is 13.7. The van der Waals surface area contributed by atoms with E-state index in [0.717, 1.165) is 45.3 Å². The molecule has 0 saturated carbocycles. The van der Waals surface area contributed by atoms with Crippen molar-refractivity contribution in [3.8, 4) is 0 Å². The first-order valence-corrected chi connectivity index (χ1v) is 10.0. The van der Waals surface area contributed by atoms with Crippen molar-refractivity contribution in [3.63, 3.8) is 0 Å². The Morgan fingerprint density at radius 2 is 1.70 bits per heavy atom. The second-order valence-corrected chi connectivity index (χ2v) is 9.16. The molecule has 6 heteroatoms. The zero-order chi connectivity index (χ0) is 19.7. The maximum absolute atomic E-state index is 13.0. The molecule has 2 aliphatic rings. The fraction of sp³-hybridized carbons (Fsp3) is 0.714. The van der Waals surface area contributed by atoms with Crippen LogP contribution >= 0.6 is 0 Å². The third kappa shape index (κ3) is 5.61. The summed E-state index contributed by atoms with van der Waals surface area (Å²) in [6, 6.07) is 6.30. The van der Waals surface area contributed by atoms with Gasteiger partial charge in [0.1, 0.15) is 0 Å². The predicted molar refractivity (Wildman–Crippen MR) is 104 cm³/mol. The fourth-order valence-corrected chi connectivity index (χ4v) is 4.37. The zero-order valence-electron chi connectivity index (χ0n) is 16.7. The average Bonchev–Trinajstić information content (AvgIpc) is 2.60. The van der Waals surface area contributed by atoms with E-state index < -0.39 is 11.7 Å². The second-order valence-electron chi connectivity index (χ2n) is 9.16. The number of hydrogen-bond acceptors (Lipinski definition) is 3. The number of rotatable bonds is 3. The number of nitrogens with zero attached hydrogens (tertiary/aromatic N) is 3. The van der Waals surface area contributed by atoms with E-state index in [1.165, 1.54) is 31.5 Å². The van der Waals surface area contributed by atoms with E-state index in [-0.39, 0.29) is 0 Å². The lowest BCUT2D eigenvalue weighted by molar-refractivity contribution is -0.137. The highest BCUT2D eigenvalue weighted by molar-refractivity contribution is 5.49. The molecule has 152 valence electrons. The molecule has 27 heavy (non-hydrogen) atoms. The van der Waals surface area contributed by atoms with Crippen molar-refractivity contribution in [1.29, 1.82) is 0 Å². The largest absolute Gasteiger partial charge is 0.416 e. The standard InChI is InChI=1S/C21H32F3N3/c1-20(2,3)16-25-9-5-8-19(15-25)27-12-10-26(11-13-27)18-7-4-6-17(14-18)21(22,23)24/h4,6-7,14,19H,5,8-13,15-16H2,1-3H3/t19-/m1/s1. The molecule has 0 bridgehead atoms. The SMILES string of the molecule is CC(C)(C)CN1CCC[C@@H](N2CCN(c3cccc(C(F)(F)F)c3)CC2)C1. The summed E-state index contributed by atoms with van der Waals surface area (Å²) in [6.07, 6.45) is -1.82. The minimum Gasteiger partial charge on any atom is -0.369 e. The molecule has 1 atom stereocenters. The number of halogens is 3. The van der Waals surface area contributed by atoms with E-state index in [9.17, 15) is 13.2 Å². The van der Waals surface area contributed by atoms with Crippen molar-refractivity contribution in [2.75, 3.05) is 50.7 Å². The summed E-state index contributed by atoms with van der Waals surface area (Å²) in [5.41, 5.74) is 0.430. The van der Waals surface area contributed by atoms with Crippen molar-refractivity contribution in [2.24, 2.45) is 5.41 Å². The van der Waals surface area contributed by atoms with Gasteiger partial charge in [0, 0.05) is 51.0 Å². The second kappa shape index (κ2) is 8.00. The summed E-state index contributed by atoms with van der Waals surface area (Å²) in [7, 11) is 0. The van der Waals surface area contributed by atoms with Gasteiger partial charge in [-0.15, -0.1) is 0 Å². The molecule has 0 aromatic heterocycles. The van der Waals surface area contributed by atoms with Gasteiger partial charge < -0.3 is 9.80 Å². The molecule has 0 aliphatic carbocycles. The Hall–Kier alpha value is -1.27. The van der Waals surface area contributed by atoms with Crippen molar-refractivity contribution in [1.82, 2.24) is 9.80 Å². The van der Waals surface area contributed by atoms with Gasteiger partial charge >= 0.3 is 6.18 Å². The number of hydrogen-bond donors (Lipinski definition) is 0. The summed E-state index contributed by atoms with van der Waals surface area (Å²) in [5.74, 6) is 0. The predicted octanol–water partition coefficient (Wildman–Crippen LogP) is 4.34. The van der Waals surface area contributed by atoms with Crippen LogP contribution in [0.1, 0.15) is 39.2 Å². The highest BCUT2D eigenvalue weighted by Crippen LogP contribution is 2.32. The van der Waals surface area contributed by atoms with Crippen LogP contribution in [0, 0.1) is 5.41 Å². The van der Waals surface area contributed by atoms with E-state index in [1.54, 1.807) is 6.07 Å². The van der Waals surface area contributed by atoms with Crippen LogP contribution in [-0.2, 0) is 6.18 Å². The molecular weight excluding hydrogens is 351 g/mol. The lowest BCUT2D eigenvalue weighted by Crippen LogP contribution is -2.55. The van der Waals surface area contributed by atoms with Crippen LogP contribution in [0.3, 0.4) is 0 Å². The molecule has 2 aliphatic heterocycles. The molecule has 0 radical (unpaired) electrons. The summed E-state index contributed by atoms with van der Waals surface area (Å²) < 4.78 is 38.9. The van der Waals surface area contributed by atoms with Gasteiger partial charge in [0.25, 0.3) is 0 Å². The molecule has 2 heterocycles. The Kier molecular flexibility index (Phi) is 6.06. The molecule has 0 spiro atoms. The van der Waals surface area contributed by atoms with Gasteiger partial charge in [0.05, 0.1) is 5.56 Å². The average molecular weight is 384 g/mol. The maximum Gasteiger partial charge on any atom is 0.416 e. The molecule has 0 unspecified atom stereocenters. The van der Waals surface area contributed by atoms with Gasteiger partial charge in [-0.25, -0.2) is 0 Å². The number of anilines is 1. The van der Waals surface area contributed by atoms with E-state index in [4.69, 9.17) is 0 Å². The van der Waals surface area contributed by atoms with Crippen LogP contribution in [0.5, 0.6) is 0 Å². The highest BCUT2D eigenvalue weighted by atomic mass is 19.4. The molecule has 3 nitrogen and oxygen atoms in total. The highest BCUT2D eigenvalue weighted by Gasteiger charge is 2.32. The number of alkyl halides is 3. The molecule has 0 amide bonds. The molecule has 2 fully saturated rings. The Bertz CT molecular complexity index is 616. The summed E-state index contributed by atoms with van der Waals surface area (Å²) >= 11 is 0. The fourth-order valence-electron chi connectivity index (χ4n) is 4.37. The smallest absolute Gasteiger partial charge is 0.369 e. The zero-order valence-corrected chi connectivity index (χ0v) is 16.7. The van der Waals surface area contributed by atoms with Crippen molar-refractivity contribution < 1.29 is 13.2 Å². The van der Waals surface area contributed by atoms with Gasteiger partial charge in [-0.1, -0.05) is 26.8 Å². The van der Waals surface area contributed by atoms with Gasteiger partial charge in [0.2, 0.25) is 0 Å². The molecule has 3 rings (SSSR count). The van der Waals surface area contributed by atoms with Crippen LogP contribution in [-0.4, -0.2) is 61.7 Å². The van der Waals surface area contributed by atoms with Crippen LogP contribution in [0.25, 0.3) is 0 Å². The topological polar surface area (TPSA) is 9.72 Å². The first-order valence-electron chi connectivity index (χ1n) is 10.0. The van der Waals surface area contributed by atoms with E-state index in [0.29, 0.717) is 17.1 Å². The lowest BCUT2D eigenvalue weighted by Gasteiger charge is -2.45. The van der Waals surface area contributed by atoms with E-state index in [2.05, 4.69) is 35.5 Å². The van der Waals surface area contributed by atoms with Gasteiger partial charge in [-0.2, -0.15) is 13.2 Å². The van der Waals surface area contributed by atoms with Gasteiger partial charge in [-0.3, -0.25) is 4.90 Å². The number of benzene rings is 1. The molecule has 0 N–H and O–H groups in total. The minimum absolute atomic E-state index is 0.310. The summed E-state index contributed by atoms with van der Waals surface area (Å²) in [4.78, 5) is 7.20. The molecular formula is C21H32F3N3. The lowest BCUT2D eigenvalue weighted by atomic mass is 9.94. The van der Waals surface area contributed by atoms with E-state index >= 15 is 0 Å². The Morgan fingerprint density at radius 3 is 2.33 bits per heavy atom. The van der Waals surface area contributed by atoms with Gasteiger partial charge in [0.15, 0.2) is 0 Å². The first kappa shape index (κ1) is 20.5. The van der Waals surface area contributed by atoms with Crippen molar-refractivity contribution in [3.05, 3.63) is 29.8 Å². The third-order valence-electron chi connectivity index (χ3n) is 5.55.